The van der Waals surface area contributed by atoms with Crippen LogP contribution in [0.5, 0.6) is 0 Å². The monoisotopic (exact) mass is 313 g/mol. The number of carboxylic acids is 1. The smallest absolute Gasteiger partial charge is 0.420 e. The minimum absolute atomic E-state index is 0.387. The number of aliphatic carboxylic acids is 1. The highest BCUT2D eigenvalue weighted by molar-refractivity contribution is 9.10. The molecule has 1 rings (SSSR count). The molecule has 0 bridgehead atoms. The Balaban J connectivity index is 2.90. The van der Waals surface area contributed by atoms with E-state index in [4.69, 9.17) is 5.11 Å². The second kappa shape index (κ2) is 5.46. The van der Waals surface area contributed by atoms with Crippen LogP contribution in [0.3, 0.4) is 0 Å². The molecule has 1 N–H and O–H groups in total. The third-order valence-corrected chi connectivity index (χ3v) is 2.16. The second-order valence-electron chi connectivity index (χ2n) is 3.03. The van der Waals surface area contributed by atoms with Gasteiger partial charge in [0.15, 0.2) is 6.10 Å². The van der Waals surface area contributed by atoms with Gasteiger partial charge in [0.1, 0.15) is 6.61 Å². The lowest BCUT2D eigenvalue weighted by Crippen LogP contribution is -2.26. The topological polar surface area (TPSA) is 59.4 Å². The molecule has 94 valence electrons. The molecular formula is C9H7BrF3NO3. The molecule has 17 heavy (non-hydrogen) atoms. The molecule has 1 atom stereocenters. The summed E-state index contributed by atoms with van der Waals surface area (Å²) in [5, 5.41) is 8.30. The SMILES string of the molecule is O=C(O)COC(c1ccc(Br)cn1)C(F)(F)F. The van der Waals surface area contributed by atoms with E-state index in [0.717, 1.165) is 6.07 Å². The Morgan fingerprint density at radius 2 is 2.18 bits per heavy atom. The van der Waals surface area contributed by atoms with E-state index in [9.17, 15) is 18.0 Å². The van der Waals surface area contributed by atoms with Gasteiger partial charge < -0.3 is 9.84 Å². The maximum Gasteiger partial charge on any atom is 0.420 e. The number of pyridine rings is 1. The molecular weight excluding hydrogens is 307 g/mol. The summed E-state index contributed by atoms with van der Waals surface area (Å²) in [5.41, 5.74) is -0.387. The van der Waals surface area contributed by atoms with Crippen molar-refractivity contribution in [3.8, 4) is 0 Å². The molecule has 1 aromatic rings. The standard InChI is InChI=1S/C9H7BrF3NO3/c10-5-1-2-6(14-3-5)8(9(11,12)13)17-4-7(15)16/h1-3,8H,4H2,(H,15,16). The molecule has 4 nitrogen and oxygen atoms in total. The van der Waals surface area contributed by atoms with Crippen LogP contribution in [0.2, 0.25) is 0 Å². The van der Waals surface area contributed by atoms with Crippen LogP contribution in [-0.4, -0.2) is 28.8 Å². The second-order valence-corrected chi connectivity index (χ2v) is 3.94. The summed E-state index contributed by atoms with van der Waals surface area (Å²) < 4.78 is 42.6. The van der Waals surface area contributed by atoms with E-state index in [1.165, 1.54) is 12.3 Å². The lowest BCUT2D eigenvalue weighted by Gasteiger charge is -2.19. The summed E-state index contributed by atoms with van der Waals surface area (Å²) in [5.74, 6) is -1.48. The van der Waals surface area contributed by atoms with Gasteiger partial charge in [-0.25, -0.2) is 4.79 Å². The Kier molecular flexibility index (Phi) is 4.47. The fraction of sp³-hybridized carbons (Fsp3) is 0.333. The number of ether oxygens (including phenoxy) is 1. The highest BCUT2D eigenvalue weighted by Gasteiger charge is 2.43. The number of aromatic nitrogens is 1. The van der Waals surface area contributed by atoms with Crippen LogP contribution in [0.4, 0.5) is 13.2 Å². The Morgan fingerprint density at radius 3 is 2.59 bits per heavy atom. The first-order valence-electron chi connectivity index (χ1n) is 4.32. The normalized spacial score (nSPS) is 13.4. The highest BCUT2D eigenvalue weighted by Crippen LogP contribution is 2.34. The Bertz CT molecular complexity index is 393. The van der Waals surface area contributed by atoms with E-state index in [1.54, 1.807) is 0 Å². The fourth-order valence-electron chi connectivity index (χ4n) is 1.04. The van der Waals surface area contributed by atoms with Gasteiger partial charge >= 0.3 is 12.1 Å². The first-order valence-corrected chi connectivity index (χ1v) is 5.11. The van der Waals surface area contributed by atoms with Gasteiger partial charge in [0, 0.05) is 10.7 Å². The van der Waals surface area contributed by atoms with Crippen LogP contribution in [-0.2, 0) is 9.53 Å². The summed E-state index contributed by atoms with van der Waals surface area (Å²) in [4.78, 5) is 13.7. The fourth-order valence-corrected chi connectivity index (χ4v) is 1.28. The van der Waals surface area contributed by atoms with Gasteiger partial charge in [-0.1, -0.05) is 0 Å². The highest BCUT2D eigenvalue weighted by atomic mass is 79.9. The van der Waals surface area contributed by atoms with Crippen LogP contribution >= 0.6 is 15.9 Å². The quantitative estimate of drug-likeness (QED) is 0.928. The molecule has 0 aromatic carbocycles. The summed E-state index contributed by atoms with van der Waals surface area (Å²) >= 11 is 3.03. The molecule has 0 radical (unpaired) electrons. The maximum absolute atomic E-state index is 12.6. The van der Waals surface area contributed by atoms with Gasteiger partial charge in [-0.05, 0) is 28.1 Å². The molecule has 0 spiro atoms. The Labute approximate surface area is 103 Å². The van der Waals surface area contributed by atoms with Gasteiger partial charge in [0.2, 0.25) is 0 Å². The zero-order valence-electron chi connectivity index (χ0n) is 8.24. The van der Waals surface area contributed by atoms with Gasteiger partial charge in [-0.15, -0.1) is 0 Å². The number of nitrogens with zero attached hydrogens (tertiary/aromatic N) is 1. The molecule has 0 amide bonds. The zero-order valence-corrected chi connectivity index (χ0v) is 9.83. The molecule has 0 aliphatic heterocycles. The summed E-state index contributed by atoms with van der Waals surface area (Å²) in [6, 6.07) is 2.48. The molecule has 1 unspecified atom stereocenters. The molecule has 0 saturated carbocycles. The molecule has 8 heteroatoms. The number of rotatable bonds is 4. The number of hydrogen-bond donors (Lipinski definition) is 1. The van der Waals surface area contributed by atoms with Gasteiger partial charge in [-0.3, -0.25) is 4.98 Å². The Morgan fingerprint density at radius 1 is 1.53 bits per heavy atom. The minimum atomic E-state index is -4.71. The number of halogens is 4. The lowest BCUT2D eigenvalue weighted by atomic mass is 10.2. The van der Waals surface area contributed by atoms with E-state index in [2.05, 4.69) is 25.7 Å². The van der Waals surface area contributed by atoms with Crippen molar-refractivity contribution in [2.45, 2.75) is 12.3 Å². The first-order chi connectivity index (χ1) is 7.80. The lowest BCUT2D eigenvalue weighted by molar-refractivity contribution is -0.226. The van der Waals surface area contributed by atoms with E-state index in [-0.39, 0.29) is 5.69 Å². The van der Waals surface area contributed by atoms with Crippen LogP contribution < -0.4 is 0 Å². The predicted molar refractivity (Wildman–Crippen MR) is 54.3 cm³/mol. The van der Waals surface area contributed by atoms with Crippen molar-refractivity contribution in [2.24, 2.45) is 0 Å². The summed E-state index contributed by atoms with van der Waals surface area (Å²) in [6.07, 6.45) is -5.87. The van der Waals surface area contributed by atoms with E-state index >= 15 is 0 Å². The van der Waals surface area contributed by atoms with E-state index in [1.807, 2.05) is 0 Å². The third-order valence-electron chi connectivity index (χ3n) is 1.69. The van der Waals surface area contributed by atoms with Crippen molar-refractivity contribution in [3.05, 3.63) is 28.5 Å². The Hall–Kier alpha value is -1.15. The van der Waals surface area contributed by atoms with Crippen molar-refractivity contribution in [1.29, 1.82) is 0 Å². The number of carbonyl (C=O) groups is 1. The first kappa shape index (κ1) is 13.9. The van der Waals surface area contributed by atoms with Crippen molar-refractivity contribution in [3.63, 3.8) is 0 Å². The number of hydrogen-bond acceptors (Lipinski definition) is 3. The van der Waals surface area contributed by atoms with Gasteiger partial charge in [-0.2, -0.15) is 13.2 Å². The average Bonchev–Trinajstić information content (AvgIpc) is 2.18. The summed E-state index contributed by atoms with van der Waals surface area (Å²) in [6.45, 7) is -1.04. The third kappa shape index (κ3) is 4.31. The number of carboxylic acid groups (broad SMARTS) is 1. The predicted octanol–water partition coefficient (Wildman–Crippen LogP) is 2.55. The van der Waals surface area contributed by atoms with Gasteiger partial charge in [0.05, 0.1) is 5.69 Å². The molecule has 0 aliphatic carbocycles. The zero-order chi connectivity index (χ0) is 13.1. The van der Waals surface area contributed by atoms with Crippen molar-refractivity contribution >= 4 is 21.9 Å². The maximum atomic E-state index is 12.6. The van der Waals surface area contributed by atoms with Crippen LogP contribution in [0.25, 0.3) is 0 Å². The molecule has 0 fully saturated rings. The average molecular weight is 314 g/mol. The van der Waals surface area contributed by atoms with Crippen LogP contribution in [0, 0.1) is 0 Å². The summed E-state index contributed by atoms with van der Waals surface area (Å²) in [7, 11) is 0. The number of alkyl halides is 3. The largest absolute Gasteiger partial charge is 0.480 e. The van der Waals surface area contributed by atoms with E-state index in [0.29, 0.717) is 4.47 Å². The van der Waals surface area contributed by atoms with Crippen molar-refractivity contribution in [1.82, 2.24) is 4.98 Å². The minimum Gasteiger partial charge on any atom is -0.480 e. The molecule has 1 aromatic heterocycles. The molecule has 0 saturated heterocycles. The molecule has 1 heterocycles. The van der Waals surface area contributed by atoms with Crippen molar-refractivity contribution in [2.75, 3.05) is 6.61 Å². The van der Waals surface area contributed by atoms with Crippen LogP contribution in [0.15, 0.2) is 22.8 Å². The van der Waals surface area contributed by atoms with Crippen LogP contribution in [0.1, 0.15) is 11.8 Å². The van der Waals surface area contributed by atoms with Gasteiger partial charge in [0.25, 0.3) is 0 Å². The van der Waals surface area contributed by atoms with Crippen molar-refractivity contribution < 1.29 is 27.8 Å². The van der Waals surface area contributed by atoms with E-state index < -0.39 is 24.9 Å². The molecule has 0 aliphatic rings.